The number of hydrogen-bond donors (Lipinski definition) is 1. The van der Waals surface area contributed by atoms with Gasteiger partial charge in [-0.15, -0.1) is 0 Å². The van der Waals surface area contributed by atoms with Crippen molar-refractivity contribution in [3.05, 3.63) is 29.8 Å². The van der Waals surface area contributed by atoms with Crippen molar-refractivity contribution < 1.29 is 18.3 Å². The number of aryl methyl sites for hydroxylation is 1. The zero-order valence-electron chi connectivity index (χ0n) is 13.6. The molecule has 0 radical (unpaired) electrons. The minimum absolute atomic E-state index is 0.0180. The highest BCUT2D eigenvalue weighted by atomic mass is 32.2. The number of carboxylic acids is 1. The molecule has 0 aliphatic carbocycles. The average Bonchev–Trinajstić information content (AvgIpc) is 2.54. The van der Waals surface area contributed by atoms with E-state index in [9.17, 15) is 13.2 Å². The fraction of sp³-hybridized carbons (Fsp3) is 0.562. The van der Waals surface area contributed by atoms with Gasteiger partial charge in [-0.25, -0.2) is 8.42 Å². The minimum Gasteiger partial charge on any atom is -0.480 e. The predicted molar refractivity (Wildman–Crippen MR) is 87.9 cm³/mol. The monoisotopic (exact) mass is 340 g/mol. The maximum absolute atomic E-state index is 12.7. The number of nitrogens with zero attached hydrogens (tertiary/aromatic N) is 2. The van der Waals surface area contributed by atoms with Crippen LogP contribution < -0.4 is 0 Å². The van der Waals surface area contributed by atoms with E-state index < -0.39 is 16.0 Å². The molecular weight excluding hydrogens is 316 g/mol. The molecule has 0 amide bonds. The predicted octanol–water partition coefficient (Wildman–Crippen LogP) is 1.42. The van der Waals surface area contributed by atoms with Gasteiger partial charge in [-0.1, -0.05) is 19.1 Å². The molecule has 128 valence electrons. The van der Waals surface area contributed by atoms with Crippen LogP contribution in [0.1, 0.15) is 25.3 Å². The van der Waals surface area contributed by atoms with E-state index in [0.717, 1.165) is 12.0 Å². The molecule has 0 spiro atoms. The standard InChI is InChI=1S/C16H24N2O4S/c1-3-13-4-6-15(7-5-13)23(21,22)18-10-8-14(9-11-18)17(2)12-16(19)20/h4-7,14H,3,8-12H2,1-2H3,(H,19,20). The largest absolute Gasteiger partial charge is 0.480 e. The fourth-order valence-electron chi connectivity index (χ4n) is 2.91. The van der Waals surface area contributed by atoms with Crippen LogP contribution in [0, 0.1) is 0 Å². The van der Waals surface area contributed by atoms with Gasteiger partial charge >= 0.3 is 5.97 Å². The molecule has 7 heteroatoms. The van der Waals surface area contributed by atoms with Gasteiger partial charge in [0.05, 0.1) is 11.4 Å². The molecule has 0 unspecified atom stereocenters. The number of piperidine rings is 1. The van der Waals surface area contributed by atoms with Gasteiger partial charge in [0.25, 0.3) is 0 Å². The van der Waals surface area contributed by atoms with Crippen LogP contribution in [0.3, 0.4) is 0 Å². The number of benzene rings is 1. The Hall–Kier alpha value is -1.44. The summed E-state index contributed by atoms with van der Waals surface area (Å²) in [5.74, 6) is -0.862. The van der Waals surface area contributed by atoms with E-state index in [0.29, 0.717) is 30.8 Å². The summed E-state index contributed by atoms with van der Waals surface area (Å²) in [6.07, 6.45) is 2.17. The van der Waals surface area contributed by atoms with Crippen molar-refractivity contribution in [3.8, 4) is 0 Å². The zero-order chi connectivity index (χ0) is 17.0. The lowest BCUT2D eigenvalue weighted by Gasteiger charge is -2.35. The lowest BCUT2D eigenvalue weighted by Crippen LogP contribution is -2.46. The number of carboxylic acid groups (broad SMARTS) is 1. The minimum atomic E-state index is -3.46. The maximum Gasteiger partial charge on any atom is 0.317 e. The quantitative estimate of drug-likeness (QED) is 0.847. The Kier molecular flexibility index (Phi) is 5.78. The molecule has 0 aromatic heterocycles. The zero-order valence-corrected chi connectivity index (χ0v) is 14.4. The normalized spacial score (nSPS) is 17.5. The van der Waals surface area contributed by atoms with Gasteiger partial charge in [0.2, 0.25) is 10.0 Å². The van der Waals surface area contributed by atoms with Crippen LogP contribution in [-0.4, -0.2) is 61.4 Å². The van der Waals surface area contributed by atoms with Gasteiger partial charge in [0.15, 0.2) is 0 Å². The van der Waals surface area contributed by atoms with Gasteiger partial charge in [-0.3, -0.25) is 9.69 Å². The molecule has 1 aliphatic heterocycles. The van der Waals surface area contributed by atoms with Crippen molar-refractivity contribution >= 4 is 16.0 Å². The molecule has 1 heterocycles. The number of hydrogen-bond acceptors (Lipinski definition) is 4. The first-order valence-corrected chi connectivity index (χ1v) is 9.29. The van der Waals surface area contributed by atoms with E-state index in [1.165, 1.54) is 4.31 Å². The van der Waals surface area contributed by atoms with Gasteiger partial charge in [-0.2, -0.15) is 4.31 Å². The maximum atomic E-state index is 12.7. The van der Waals surface area contributed by atoms with Gasteiger partial charge in [0.1, 0.15) is 0 Å². The summed E-state index contributed by atoms with van der Waals surface area (Å²) in [6.45, 7) is 2.86. The molecule has 0 bridgehead atoms. The summed E-state index contributed by atoms with van der Waals surface area (Å²) in [4.78, 5) is 12.9. The Labute approximate surface area is 137 Å². The summed E-state index contributed by atoms with van der Waals surface area (Å²) in [6, 6.07) is 7.13. The van der Waals surface area contributed by atoms with E-state index in [2.05, 4.69) is 0 Å². The number of sulfonamides is 1. The third kappa shape index (κ3) is 4.31. The summed E-state index contributed by atoms with van der Waals surface area (Å²) in [7, 11) is -1.69. The molecule has 1 aromatic rings. The highest BCUT2D eigenvalue weighted by Gasteiger charge is 2.31. The Balaban J connectivity index is 2.01. The molecule has 2 rings (SSSR count). The van der Waals surface area contributed by atoms with Gasteiger partial charge in [0, 0.05) is 19.1 Å². The first-order chi connectivity index (χ1) is 10.8. The van der Waals surface area contributed by atoms with Crippen LogP contribution in [-0.2, 0) is 21.2 Å². The summed E-state index contributed by atoms with van der Waals surface area (Å²) in [5, 5.41) is 8.84. The lowest BCUT2D eigenvalue weighted by atomic mass is 10.1. The van der Waals surface area contributed by atoms with Crippen LogP contribution in [0.25, 0.3) is 0 Å². The third-order valence-corrected chi connectivity index (χ3v) is 6.31. The number of rotatable bonds is 6. The van der Waals surface area contributed by atoms with E-state index in [4.69, 9.17) is 5.11 Å². The van der Waals surface area contributed by atoms with Crippen LogP contribution in [0.15, 0.2) is 29.2 Å². The molecular formula is C16H24N2O4S. The molecule has 1 saturated heterocycles. The molecule has 1 aromatic carbocycles. The molecule has 0 saturated carbocycles. The molecule has 23 heavy (non-hydrogen) atoms. The first-order valence-electron chi connectivity index (χ1n) is 7.85. The van der Waals surface area contributed by atoms with Crippen LogP contribution in [0.5, 0.6) is 0 Å². The average molecular weight is 340 g/mol. The fourth-order valence-corrected chi connectivity index (χ4v) is 4.38. The molecule has 1 N–H and O–H groups in total. The van der Waals surface area contributed by atoms with Crippen molar-refractivity contribution in [2.45, 2.75) is 37.1 Å². The number of likely N-dealkylation sites (N-methyl/N-ethyl adjacent to an activating group) is 1. The molecule has 1 aliphatic rings. The second-order valence-electron chi connectivity index (χ2n) is 5.94. The molecule has 0 atom stereocenters. The smallest absolute Gasteiger partial charge is 0.317 e. The Morgan fingerprint density at radius 2 is 1.83 bits per heavy atom. The molecule has 6 nitrogen and oxygen atoms in total. The van der Waals surface area contributed by atoms with Crippen molar-refractivity contribution in [3.63, 3.8) is 0 Å². The van der Waals surface area contributed by atoms with Crippen molar-refractivity contribution in [2.75, 3.05) is 26.7 Å². The third-order valence-electron chi connectivity index (χ3n) is 4.40. The van der Waals surface area contributed by atoms with E-state index >= 15 is 0 Å². The summed E-state index contributed by atoms with van der Waals surface area (Å²) >= 11 is 0. The SMILES string of the molecule is CCc1ccc(S(=O)(=O)N2CCC(N(C)CC(=O)O)CC2)cc1. The van der Waals surface area contributed by atoms with Crippen molar-refractivity contribution in [1.82, 2.24) is 9.21 Å². The lowest BCUT2D eigenvalue weighted by molar-refractivity contribution is -0.138. The van der Waals surface area contributed by atoms with E-state index in [1.807, 2.05) is 19.1 Å². The van der Waals surface area contributed by atoms with Gasteiger partial charge < -0.3 is 5.11 Å². The van der Waals surface area contributed by atoms with Gasteiger partial charge in [-0.05, 0) is 44.0 Å². The van der Waals surface area contributed by atoms with Crippen LogP contribution in [0.4, 0.5) is 0 Å². The first kappa shape index (κ1) is 17.9. The van der Waals surface area contributed by atoms with Crippen LogP contribution in [0.2, 0.25) is 0 Å². The van der Waals surface area contributed by atoms with E-state index in [1.54, 1.807) is 24.1 Å². The van der Waals surface area contributed by atoms with Crippen molar-refractivity contribution in [1.29, 1.82) is 0 Å². The summed E-state index contributed by atoms with van der Waals surface area (Å²) < 4.78 is 26.8. The Morgan fingerprint density at radius 3 is 2.30 bits per heavy atom. The topological polar surface area (TPSA) is 77.9 Å². The van der Waals surface area contributed by atoms with Crippen LogP contribution >= 0.6 is 0 Å². The molecule has 1 fully saturated rings. The number of carbonyl (C=O) groups is 1. The van der Waals surface area contributed by atoms with E-state index in [-0.39, 0.29) is 12.6 Å². The number of aliphatic carboxylic acids is 1. The second kappa shape index (κ2) is 7.42. The Bertz CT molecular complexity index is 635. The van der Waals surface area contributed by atoms with Crippen molar-refractivity contribution in [2.24, 2.45) is 0 Å². The highest BCUT2D eigenvalue weighted by Crippen LogP contribution is 2.23. The Morgan fingerprint density at radius 1 is 1.26 bits per heavy atom. The summed E-state index contributed by atoms with van der Waals surface area (Å²) in [5.41, 5.74) is 1.11. The second-order valence-corrected chi connectivity index (χ2v) is 7.88. The highest BCUT2D eigenvalue weighted by molar-refractivity contribution is 7.89.